The lowest BCUT2D eigenvalue weighted by atomic mass is 10.1. The van der Waals surface area contributed by atoms with E-state index < -0.39 is 0 Å². The summed E-state index contributed by atoms with van der Waals surface area (Å²) in [6, 6.07) is 8.05. The largest absolute Gasteiger partial charge is 0.395 e. The van der Waals surface area contributed by atoms with Gasteiger partial charge in [-0.25, -0.2) is 0 Å². The van der Waals surface area contributed by atoms with Crippen LogP contribution < -0.4 is 0 Å². The van der Waals surface area contributed by atoms with Crippen LogP contribution in [0.3, 0.4) is 0 Å². The number of H-pyrrole nitrogens is 1. The van der Waals surface area contributed by atoms with Crippen molar-refractivity contribution >= 4 is 16.8 Å². The van der Waals surface area contributed by atoms with E-state index in [0.29, 0.717) is 13.0 Å². The molecule has 0 saturated heterocycles. The minimum atomic E-state index is -0.00218. The van der Waals surface area contributed by atoms with Crippen LogP contribution in [0.4, 0.5) is 0 Å². The Hall–Kier alpha value is -1.81. The van der Waals surface area contributed by atoms with Crippen LogP contribution in [-0.2, 0) is 11.2 Å². The molecule has 1 aromatic carbocycles. The lowest BCUT2D eigenvalue weighted by Crippen LogP contribution is -2.39. The highest BCUT2D eigenvalue weighted by Gasteiger charge is 2.17. The van der Waals surface area contributed by atoms with Crippen molar-refractivity contribution in [3.8, 4) is 0 Å². The molecule has 0 atom stereocenters. The Morgan fingerprint density at radius 1 is 1.37 bits per heavy atom. The summed E-state index contributed by atoms with van der Waals surface area (Å²) in [6.07, 6.45) is 2.25. The molecule has 0 aliphatic carbocycles. The summed E-state index contributed by atoms with van der Waals surface area (Å²) in [5, 5.41) is 10.1. The SMILES string of the molecule is CC(C)N(CCO)C(=O)Cc1c[nH]c2ccccc12. The van der Waals surface area contributed by atoms with Crippen molar-refractivity contribution in [3.05, 3.63) is 36.0 Å². The molecule has 1 heterocycles. The Morgan fingerprint density at radius 2 is 2.11 bits per heavy atom. The van der Waals surface area contributed by atoms with Gasteiger partial charge in [-0.2, -0.15) is 0 Å². The summed E-state index contributed by atoms with van der Waals surface area (Å²) in [5.41, 5.74) is 2.05. The summed E-state index contributed by atoms with van der Waals surface area (Å²) < 4.78 is 0. The smallest absolute Gasteiger partial charge is 0.227 e. The molecule has 0 aliphatic heterocycles. The Labute approximate surface area is 113 Å². The fraction of sp³-hybridized carbons (Fsp3) is 0.400. The zero-order valence-electron chi connectivity index (χ0n) is 11.4. The molecule has 2 N–H and O–H groups in total. The predicted molar refractivity (Wildman–Crippen MR) is 75.9 cm³/mol. The van der Waals surface area contributed by atoms with Gasteiger partial charge in [-0.1, -0.05) is 18.2 Å². The number of fused-ring (bicyclic) bond motifs is 1. The second-order valence-electron chi connectivity index (χ2n) is 4.94. The second kappa shape index (κ2) is 5.89. The van der Waals surface area contributed by atoms with Gasteiger partial charge in [-0.15, -0.1) is 0 Å². The van der Waals surface area contributed by atoms with Crippen LogP contribution in [0.2, 0.25) is 0 Å². The summed E-state index contributed by atoms with van der Waals surface area (Å²) in [7, 11) is 0. The van der Waals surface area contributed by atoms with E-state index in [1.807, 2.05) is 44.3 Å². The molecule has 4 heteroatoms. The van der Waals surface area contributed by atoms with Gasteiger partial charge in [0.25, 0.3) is 0 Å². The van der Waals surface area contributed by atoms with E-state index >= 15 is 0 Å². The predicted octanol–water partition coefficient (Wildman–Crippen LogP) is 1.94. The van der Waals surface area contributed by atoms with Crippen LogP contribution in [0, 0.1) is 0 Å². The fourth-order valence-corrected chi connectivity index (χ4v) is 2.32. The van der Waals surface area contributed by atoms with E-state index in [0.717, 1.165) is 16.5 Å². The van der Waals surface area contributed by atoms with Crippen molar-refractivity contribution in [3.63, 3.8) is 0 Å². The van der Waals surface area contributed by atoms with Crippen molar-refractivity contribution in [2.24, 2.45) is 0 Å². The fourth-order valence-electron chi connectivity index (χ4n) is 2.32. The number of carbonyl (C=O) groups is 1. The minimum Gasteiger partial charge on any atom is -0.395 e. The number of aliphatic hydroxyl groups is 1. The van der Waals surface area contributed by atoms with Crippen molar-refractivity contribution in [1.29, 1.82) is 0 Å². The first-order chi connectivity index (χ1) is 9.13. The van der Waals surface area contributed by atoms with Gasteiger partial charge in [-0.05, 0) is 25.5 Å². The lowest BCUT2D eigenvalue weighted by molar-refractivity contribution is -0.132. The Kier molecular flexibility index (Phi) is 4.22. The number of aromatic amines is 1. The number of hydrogen-bond acceptors (Lipinski definition) is 2. The standard InChI is InChI=1S/C15H20N2O2/c1-11(2)17(7-8-18)15(19)9-12-10-16-14-6-4-3-5-13(12)14/h3-6,10-11,16,18H,7-9H2,1-2H3. The molecule has 4 nitrogen and oxygen atoms in total. The Morgan fingerprint density at radius 3 is 2.79 bits per heavy atom. The average Bonchev–Trinajstić information content (AvgIpc) is 2.79. The third-order valence-electron chi connectivity index (χ3n) is 3.30. The van der Waals surface area contributed by atoms with E-state index in [4.69, 9.17) is 5.11 Å². The first kappa shape index (κ1) is 13.6. The van der Waals surface area contributed by atoms with Gasteiger partial charge in [0.1, 0.15) is 0 Å². The zero-order valence-corrected chi connectivity index (χ0v) is 11.4. The summed E-state index contributed by atoms with van der Waals surface area (Å²) in [4.78, 5) is 17.2. The number of carbonyl (C=O) groups excluding carboxylic acids is 1. The van der Waals surface area contributed by atoms with Gasteiger partial charge in [0.15, 0.2) is 0 Å². The molecule has 0 radical (unpaired) electrons. The number of nitrogens with zero attached hydrogens (tertiary/aromatic N) is 1. The third kappa shape index (κ3) is 2.96. The number of rotatable bonds is 5. The maximum atomic E-state index is 12.3. The van der Waals surface area contributed by atoms with Gasteiger partial charge < -0.3 is 15.0 Å². The molecule has 0 spiro atoms. The van der Waals surface area contributed by atoms with Crippen LogP contribution in [-0.4, -0.2) is 40.1 Å². The zero-order chi connectivity index (χ0) is 13.8. The van der Waals surface area contributed by atoms with E-state index in [1.54, 1.807) is 4.90 Å². The second-order valence-corrected chi connectivity index (χ2v) is 4.94. The summed E-state index contributed by atoms with van der Waals surface area (Å²) in [6.45, 7) is 4.31. The van der Waals surface area contributed by atoms with Crippen molar-refractivity contribution in [2.75, 3.05) is 13.2 Å². The molecule has 0 bridgehead atoms. The van der Waals surface area contributed by atoms with Crippen LogP contribution in [0.1, 0.15) is 19.4 Å². The molecule has 2 aromatic rings. The average molecular weight is 260 g/mol. The van der Waals surface area contributed by atoms with E-state index in [9.17, 15) is 4.79 Å². The van der Waals surface area contributed by atoms with Crippen LogP contribution in [0.5, 0.6) is 0 Å². The Balaban J connectivity index is 2.18. The van der Waals surface area contributed by atoms with E-state index in [2.05, 4.69) is 4.98 Å². The third-order valence-corrected chi connectivity index (χ3v) is 3.30. The molecular weight excluding hydrogens is 240 g/mol. The highest BCUT2D eigenvalue weighted by molar-refractivity contribution is 5.88. The molecule has 1 amide bonds. The van der Waals surface area contributed by atoms with E-state index in [1.165, 1.54) is 0 Å². The topological polar surface area (TPSA) is 56.3 Å². The molecule has 102 valence electrons. The molecule has 0 fully saturated rings. The van der Waals surface area contributed by atoms with Crippen LogP contribution >= 0.6 is 0 Å². The number of hydrogen-bond donors (Lipinski definition) is 2. The maximum absolute atomic E-state index is 12.3. The number of benzene rings is 1. The maximum Gasteiger partial charge on any atom is 0.227 e. The van der Waals surface area contributed by atoms with Crippen molar-refractivity contribution < 1.29 is 9.90 Å². The minimum absolute atomic E-state index is 0.00218. The Bertz CT molecular complexity index is 560. The van der Waals surface area contributed by atoms with Crippen LogP contribution in [0.25, 0.3) is 10.9 Å². The summed E-state index contributed by atoms with van der Waals surface area (Å²) >= 11 is 0. The van der Waals surface area contributed by atoms with Crippen molar-refractivity contribution in [1.82, 2.24) is 9.88 Å². The molecule has 19 heavy (non-hydrogen) atoms. The van der Waals surface area contributed by atoms with Crippen molar-refractivity contribution in [2.45, 2.75) is 26.3 Å². The number of nitrogens with one attached hydrogen (secondary N) is 1. The number of aromatic nitrogens is 1. The molecule has 1 aromatic heterocycles. The molecular formula is C15H20N2O2. The van der Waals surface area contributed by atoms with Crippen LogP contribution in [0.15, 0.2) is 30.5 Å². The van der Waals surface area contributed by atoms with Gasteiger partial charge in [0, 0.05) is 29.7 Å². The normalized spacial score (nSPS) is 11.2. The summed E-state index contributed by atoms with van der Waals surface area (Å²) in [5.74, 6) is 0.0498. The van der Waals surface area contributed by atoms with Gasteiger partial charge >= 0.3 is 0 Å². The molecule has 2 rings (SSSR count). The van der Waals surface area contributed by atoms with Gasteiger partial charge in [0.05, 0.1) is 13.0 Å². The van der Waals surface area contributed by atoms with E-state index in [-0.39, 0.29) is 18.6 Å². The molecule has 0 unspecified atom stereocenters. The first-order valence-corrected chi connectivity index (χ1v) is 6.58. The lowest BCUT2D eigenvalue weighted by Gasteiger charge is -2.25. The quantitative estimate of drug-likeness (QED) is 0.863. The highest BCUT2D eigenvalue weighted by atomic mass is 16.3. The monoisotopic (exact) mass is 260 g/mol. The molecule has 0 aliphatic rings. The number of para-hydroxylation sites is 1. The first-order valence-electron chi connectivity index (χ1n) is 6.58. The van der Waals surface area contributed by atoms with Gasteiger partial charge in [0.2, 0.25) is 5.91 Å². The number of aliphatic hydroxyl groups excluding tert-OH is 1. The molecule has 0 saturated carbocycles. The number of amides is 1. The van der Waals surface area contributed by atoms with Gasteiger partial charge in [-0.3, -0.25) is 4.79 Å². The highest BCUT2D eigenvalue weighted by Crippen LogP contribution is 2.19.